The Morgan fingerprint density at radius 1 is 0.429 bits per heavy atom. The lowest BCUT2D eigenvalue weighted by Crippen LogP contribution is -2.30. The molecule has 0 N–H and O–H groups in total. The number of hydrogen-bond donors (Lipinski definition) is 0. The lowest BCUT2D eigenvalue weighted by molar-refractivity contribution is -0.167. The van der Waals surface area contributed by atoms with E-state index in [-0.39, 0.29) is 31.1 Å². The van der Waals surface area contributed by atoms with Crippen LogP contribution in [0.4, 0.5) is 0 Å². The van der Waals surface area contributed by atoms with Gasteiger partial charge in [-0.1, -0.05) is 189 Å². The van der Waals surface area contributed by atoms with Gasteiger partial charge >= 0.3 is 17.9 Å². The minimum absolute atomic E-state index is 0.0667. The van der Waals surface area contributed by atoms with Crippen molar-refractivity contribution in [1.82, 2.24) is 0 Å². The van der Waals surface area contributed by atoms with Gasteiger partial charge in [-0.3, -0.25) is 14.4 Å². The molecule has 0 fully saturated rings. The summed E-state index contributed by atoms with van der Waals surface area (Å²) in [6.45, 7) is 11.2. The van der Waals surface area contributed by atoms with Crippen LogP contribution in [-0.2, 0) is 28.6 Å². The van der Waals surface area contributed by atoms with Crippen molar-refractivity contribution in [3.63, 3.8) is 0 Å². The molecular formula is C43H82O6. The van der Waals surface area contributed by atoms with Crippen molar-refractivity contribution < 1.29 is 28.6 Å². The first-order chi connectivity index (χ1) is 23.8. The highest BCUT2D eigenvalue weighted by Crippen LogP contribution is 2.17. The minimum Gasteiger partial charge on any atom is -0.462 e. The summed E-state index contributed by atoms with van der Waals surface area (Å²) < 4.78 is 16.6. The molecule has 0 amide bonds. The van der Waals surface area contributed by atoms with E-state index in [1.54, 1.807) is 0 Å². The van der Waals surface area contributed by atoms with E-state index in [1.165, 1.54) is 109 Å². The fourth-order valence-electron chi connectivity index (χ4n) is 6.19. The van der Waals surface area contributed by atoms with Crippen LogP contribution in [0.25, 0.3) is 0 Å². The summed E-state index contributed by atoms with van der Waals surface area (Å²) >= 11 is 0. The average Bonchev–Trinajstić information content (AvgIpc) is 3.08. The monoisotopic (exact) mass is 695 g/mol. The van der Waals surface area contributed by atoms with E-state index in [0.29, 0.717) is 19.3 Å². The van der Waals surface area contributed by atoms with Gasteiger partial charge in [0.2, 0.25) is 0 Å². The zero-order valence-corrected chi connectivity index (χ0v) is 33.3. The van der Waals surface area contributed by atoms with Crippen molar-refractivity contribution in [2.75, 3.05) is 13.2 Å². The molecular weight excluding hydrogens is 612 g/mol. The number of hydrogen-bond acceptors (Lipinski definition) is 6. The summed E-state index contributed by atoms with van der Waals surface area (Å²) in [5.41, 5.74) is 0. The molecule has 6 nitrogen and oxygen atoms in total. The molecule has 0 aromatic carbocycles. The summed E-state index contributed by atoms with van der Waals surface area (Å²) in [6, 6.07) is 0. The van der Waals surface area contributed by atoms with Crippen LogP contribution < -0.4 is 0 Å². The van der Waals surface area contributed by atoms with Gasteiger partial charge in [0.1, 0.15) is 13.2 Å². The smallest absolute Gasteiger partial charge is 0.306 e. The molecule has 2 atom stereocenters. The van der Waals surface area contributed by atoms with Crippen molar-refractivity contribution in [2.24, 2.45) is 11.8 Å². The number of rotatable bonds is 37. The number of esters is 3. The van der Waals surface area contributed by atoms with Gasteiger partial charge in [0.05, 0.1) is 0 Å². The summed E-state index contributed by atoms with van der Waals surface area (Å²) in [5.74, 6) is 0.797. The third kappa shape index (κ3) is 36.0. The average molecular weight is 695 g/mol. The first-order valence-electron chi connectivity index (χ1n) is 21.3. The molecule has 49 heavy (non-hydrogen) atoms. The minimum atomic E-state index is -0.758. The molecule has 0 aromatic heterocycles. The van der Waals surface area contributed by atoms with E-state index in [4.69, 9.17) is 14.2 Å². The fraction of sp³-hybridized carbons (Fsp3) is 0.930. The Morgan fingerprint density at radius 2 is 0.776 bits per heavy atom. The number of carbonyl (C=O) groups is 3. The van der Waals surface area contributed by atoms with Crippen LogP contribution in [0.2, 0.25) is 0 Å². The van der Waals surface area contributed by atoms with Crippen LogP contribution in [0.3, 0.4) is 0 Å². The van der Waals surface area contributed by atoms with E-state index < -0.39 is 6.10 Å². The number of carbonyl (C=O) groups excluding carboxylic acids is 3. The van der Waals surface area contributed by atoms with E-state index in [9.17, 15) is 14.4 Å². The second-order valence-corrected chi connectivity index (χ2v) is 15.3. The normalized spacial score (nSPS) is 12.6. The van der Waals surface area contributed by atoms with Gasteiger partial charge in [0, 0.05) is 19.3 Å². The van der Waals surface area contributed by atoms with Crippen molar-refractivity contribution in [3.05, 3.63) is 0 Å². The van der Waals surface area contributed by atoms with Crippen LogP contribution in [0.15, 0.2) is 0 Å². The molecule has 6 heteroatoms. The summed E-state index contributed by atoms with van der Waals surface area (Å²) in [7, 11) is 0. The molecule has 0 saturated heterocycles. The largest absolute Gasteiger partial charge is 0.462 e. The Kier molecular flexibility index (Phi) is 35.0. The SMILES string of the molecule is CCCCCCCC(=O)OC[C@@H](COC(=O)CCCCCCCCCCC(C)CC)OC(=O)CCCCCCCCCCCCCC(C)C. The van der Waals surface area contributed by atoms with E-state index in [2.05, 4.69) is 34.6 Å². The second-order valence-electron chi connectivity index (χ2n) is 15.3. The van der Waals surface area contributed by atoms with E-state index >= 15 is 0 Å². The molecule has 0 rings (SSSR count). The Labute approximate surface area is 304 Å². The van der Waals surface area contributed by atoms with Crippen molar-refractivity contribution in [3.8, 4) is 0 Å². The Bertz CT molecular complexity index is 751. The lowest BCUT2D eigenvalue weighted by atomic mass is 9.99. The van der Waals surface area contributed by atoms with Gasteiger partial charge in [0.15, 0.2) is 6.10 Å². The second kappa shape index (κ2) is 36.2. The molecule has 290 valence electrons. The predicted octanol–water partition coefficient (Wildman–Crippen LogP) is 13.0. The molecule has 0 aliphatic rings. The molecule has 0 aliphatic carbocycles. The van der Waals surface area contributed by atoms with Crippen molar-refractivity contribution in [2.45, 2.75) is 233 Å². The van der Waals surface area contributed by atoms with Crippen LogP contribution in [0.5, 0.6) is 0 Å². The molecule has 0 spiro atoms. The zero-order valence-electron chi connectivity index (χ0n) is 33.3. The maximum absolute atomic E-state index is 12.6. The van der Waals surface area contributed by atoms with E-state index in [0.717, 1.165) is 76.0 Å². The summed E-state index contributed by atoms with van der Waals surface area (Å²) in [4.78, 5) is 37.4. The van der Waals surface area contributed by atoms with Gasteiger partial charge < -0.3 is 14.2 Å². The summed E-state index contributed by atoms with van der Waals surface area (Å²) in [5, 5.41) is 0. The maximum Gasteiger partial charge on any atom is 0.306 e. The maximum atomic E-state index is 12.6. The lowest BCUT2D eigenvalue weighted by Gasteiger charge is -2.18. The van der Waals surface area contributed by atoms with Crippen LogP contribution in [-0.4, -0.2) is 37.2 Å². The highest BCUT2D eigenvalue weighted by atomic mass is 16.6. The molecule has 0 bridgehead atoms. The Balaban J connectivity index is 4.24. The topological polar surface area (TPSA) is 78.9 Å². The van der Waals surface area contributed by atoms with Crippen LogP contribution >= 0.6 is 0 Å². The van der Waals surface area contributed by atoms with Gasteiger partial charge in [-0.15, -0.1) is 0 Å². The highest BCUT2D eigenvalue weighted by Gasteiger charge is 2.19. The standard InChI is InChI=1S/C43H82O6/c1-6-8-9-21-28-33-41(44)47-36-40(37-48-42(45)34-29-24-19-16-15-18-23-27-32-39(5)7-2)49-43(46)35-30-25-20-14-12-10-11-13-17-22-26-31-38(3)4/h38-40H,6-37H2,1-5H3/t39?,40-/m0/s1. The first-order valence-corrected chi connectivity index (χ1v) is 21.3. The molecule has 0 aromatic rings. The fourth-order valence-corrected chi connectivity index (χ4v) is 6.19. The number of ether oxygens (including phenoxy) is 3. The van der Waals surface area contributed by atoms with Gasteiger partial charge in [0.25, 0.3) is 0 Å². The van der Waals surface area contributed by atoms with E-state index in [1.807, 2.05) is 0 Å². The Morgan fingerprint density at radius 3 is 1.16 bits per heavy atom. The molecule has 0 heterocycles. The summed E-state index contributed by atoms with van der Waals surface area (Å²) in [6.07, 6.45) is 32.5. The highest BCUT2D eigenvalue weighted by molar-refractivity contribution is 5.71. The quantitative estimate of drug-likeness (QED) is 0.0366. The molecule has 0 radical (unpaired) electrons. The van der Waals surface area contributed by atoms with Crippen LogP contribution in [0.1, 0.15) is 227 Å². The third-order valence-corrected chi connectivity index (χ3v) is 9.83. The van der Waals surface area contributed by atoms with Crippen LogP contribution in [0, 0.1) is 11.8 Å². The molecule has 0 saturated carbocycles. The number of unbranched alkanes of at least 4 members (excludes halogenated alkanes) is 21. The van der Waals surface area contributed by atoms with Crippen molar-refractivity contribution >= 4 is 17.9 Å². The third-order valence-electron chi connectivity index (χ3n) is 9.83. The van der Waals surface area contributed by atoms with Gasteiger partial charge in [-0.2, -0.15) is 0 Å². The van der Waals surface area contributed by atoms with Crippen molar-refractivity contribution in [1.29, 1.82) is 0 Å². The Hall–Kier alpha value is -1.59. The molecule has 1 unspecified atom stereocenters. The molecule has 0 aliphatic heterocycles. The zero-order chi connectivity index (χ0) is 36.2. The first kappa shape index (κ1) is 47.4. The predicted molar refractivity (Wildman–Crippen MR) is 206 cm³/mol. The van der Waals surface area contributed by atoms with Gasteiger partial charge in [-0.05, 0) is 31.1 Å². The van der Waals surface area contributed by atoms with Gasteiger partial charge in [-0.25, -0.2) is 0 Å².